The van der Waals surface area contributed by atoms with Crippen LogP contribution in [0.25, 0.3) is 22.3 Å². The molecule has 0 amide bonds. The second-order valence-corrected chi connectivity index (χ2v) is 11.0. The van der Waals surface area contributed by atoms with E-state index in [0.29, 0.717) is 17.8 Å². The Morgan fingerprint density at radius 1 is 0.824 bits per heavy atom. The third kappa shape index (κ3) is 5.07. The van der Waals surface area contributed by atoms with Crippen LogP contribution >= 0.6 is 0 Å². The fourth-order valence-corrected chi connectivity index (χ4v) is 4.14. The number of nitrogens with one attached hydrogen (secondary N) is 2. The molecule has 2 N–H and O–H groups in total. The SMILES string of the molecule is CC(Cc1nc2ncnc(CN(C)C(C)(C)C)c2[nH]1)N(Cc1ncnc2nc[nH]c12)C(C)(C)C. The first-order valence-electron chi connectivity index (χ1n) is 11.7. The van der Waals surface area contributed by atoms with Crippen molar-refractivity contribution in [2.75, 3.05) is 7.05 Å². The van der Waals surface area contributed by atoms with Crippen molar-refractivity contribution in [3.8, 4) is 0 Å². The minimum atomic E-state index is -0.0802. The fraction of sp³-hybridized carbons (Fsp3) is 0.583. The first-order chi connectivity index (χ1) is 15.9. The van der Waals surface area contributed by atoms with E-state index < -0.39 is 0 Å². The van der Waals surface area contributed by atoms with E-state index in [4.69, 9.17) is 4.98 Å². The molecule has 10 heteroatoms. The predicted octanol–water partition coefficient (Wildman–Crippen LogP) is 3.48. The van der Waals surface area contributed by atoms with Crippen molar-refractivity contribution in [3.05, 3.63) is 36.2 Å². The molecule has 0 aliphatic heterocycles. The highest BCUT2D eigenvalue weighted by Crippen LogP contribution is 2.25. The van der Waals surface area contributed by atoms with Crippen LogP contribution in [0.15, 0.2) is 19.0 Å². The summed E-state index contributed by atoms with van der Waals surface area (Å²) in [7, 11) is 2.11. The second-order valence-electron chi connectivity index (χ2n) is 11.0. The van der Waals surface area contributed by atoms with Crippen molar-refractivity contribution in [1.29, 1.82) is 0 Å². The highest BCUT2D eigenvalue weighted by atomic mass is 15.2. The smallest absolute Gasteiger partial charge is 0.181 e. The summed E-state index contributed by atoms with van der Waals surface area (Å²) in [6.45, 7) is 16.9. The highest BCUT2D eigenvalue weighted by Gasteiger charge is 2.29. The second kappa shape index (κ2) is 8.99. The van der Waals surface area contributed by atoms with Crippen LogP contribution in [-0.2, 0) is 19.5 Å². The van der Waals surface area contributed by atoms with E-state index in [1.54, 1.807) is 19.0 Å². The summed E-state index contributed by atoms with van der Waals surface area (Å²) in [5.74, 6) is 0.909. The maximum absolute atomic E-state index is 4.80. The summed E-state index contributed by atoms with van der Waals surface area (Å²) in [5, 5.41) is 0. The Hall–Kier alpha value is -2.98. The van der Waals surface area contributed by atoms with Crippen LogP contribution in [0.5, 0.6) is 0 Å². The molecule has 1 atom stereocenters. The fourth-order valence-electron chi connectivity index (χ4n) is 4.14. The molecule has 0 spiro atoms. The minimum absolute atomic E-state index is 0.0446. The summed E-state index contributed by atoms with van der Waals surface area (Å²) in [6.07, 6.45) is 5.60. The van der Waals surface area contributed by atoms with Crippen LogP contribution in [0.4, 0.5) is 0 Å². The lowest BCUT2D eigenvalue weighted by Crippen LogP contribution is -2.47. The van der Waals surface area contributed by atoms with Gasteiger partial charge in [0.25, 0.3) is 0 Å². The Kier molecular flexibility index (Phi) is 6.39. The molecule has 1 unspecified atom stereocenters. The molecule has 0 aliphatic rings. The summed E-state index contributed by atoms with van der Waals surface area (Å²) >= 11 is 0. The molecule has 4 heterocycles. The molecule has 0 bridgehead atoms. The molecule has 0 saturated heterocycles. The maximum atomic E-state index is 4.80. The van der Waals surface area contributed by atoms with Gasteiger partial charge in [-0.3, -0.25) is 9.80 Å². The average Bonchev–Trinajstić information content (AvgIpc) is 3.37. The Morgan fingerprint density at radius 3 is 2.12 bits per heavy atom. The zero-order valence-electron chi connectivity index (χ0n) is 21.5. The van der Waals surface area contributed by atoms with Gasteiger partial charge in [-0.2, -0.15) is 0 Å². The number of aromatic amines is 2. The van der Waals surface area contributed by atoms with E-state index in [-0.39, 0.29) is 17.1 Å². The normalized spacial score (nSPS) is 14.1. The lowest BCUT2D eigenvalue weighted by atomic mass is 10.0. The molecular weight excluding hydrogens is 428 g/mol. The van der Waals surface area contributed by atoms with Gasteiger partial charge < -0.3 is 9.97 Å². The summed E-state index contributed by atoms with van der Waals surface area (Å²) in [6, 6.07) is 0.196. The Balaban J connectivity index is 1.58. The molecule has 182 valence electrons. The minimum Gasteiger partial charge on any atom is -0.342 e. The maximum Gasteiger partial charge on any atom is 0.181 e. The Labute approximate surface area is 200 Å². The zero-order valence-corrected chi connectivity index (χ0v) is 21.5. The number of H-pyrrole nitrogens is 2. The molecule has 0 saturated carbocycles. The first-order valence-corrected chi connectivity index (χ1v) is 11.7. The zero-order chi connectivity index (χ0) is 24.7. The lowest BCUT2D eigenvalue weighted by molar-refractivity contribution is 0.0793. The quantitative estimate of drug-likeness (QED) is 0.427. The summed E-state index contributed by atoms with van der Waals surface area (Å²) in [4.78, 5) is 38.2. The molecule has 4 aromatic rings. The molecule has 4 rings (SSSR count). The number of hydrogen-bond acceptors (Lipinski definition) is 8. The summed E-state index contributed by atoms with van der Waals surface area (Å²) in [5.41, 5.74) is 5.07. The monoisotopic (exact) mass is 464 g/mol. The standard InChI is InChI=1S/C24H36N10/c1-15(34(24(5,6)7)11-17-19-21(28-12-26-17)29-14-27-19)9-18-31-20-16(10-33(8)23(2,3)4)25-13-30-22(20)32-18/h12-15H,9-11H2,1-8H3,(H,25,30,31,32)(H,26,27,28,29). The van der Waals surface area contributed by atoms with Gasteiger partial charge in [-0.05, 0) is 55.5 Å². The van der Waals surface area contributed by atoms with Crippen LogP contribution < -0.4 is 0 Å². The third-order valence-electron chi connectivity index (χ3n) is 6.45. The first kappa shape index (κ1) is 24.2. The molecule has 34 heavy (non-hydrogen) atoms. The number of fused-ring (bicyclic) bond motifs is 2. The van der Waals surface area contributed by atoms with Crippen LogP contribution in [0.3, 0.4) is 0 Å². The molecule has 0 radical (unpaired) electrons. The molecular formula is C24H36N10. The number of imidazole rings is 2. The number of rotatable bonds is 7. The average molecular weight is 465 g/mol. The number of nitrogens with zero attached hydrogens (tertiary/aromatic N) is 8. The predicted molar refractivity (Wildman–Crippen MR) is 133 cm³/mol. The molecule has 0 aromatic carbocycles. The van der Waals surface area contributed by atoms with Crippen molar-refractivity contribution in [3.63, 3.8) is 0 Å². The van der Waals surface area contributed by atoms with Gasteiger partial charge in [-0.15, -0.1) is 0 Å². The topological polar surface area (TPSA) is 115 Å². The van der Waals surface area contributed by atoms with Crippen LogP contribution in [0, 0.1) is 0 Å². The number of hydrogen-bond donors (Lipinski definition) is 2. The Morgan fingerprint density at radius 2 is 1.47 bits per heavy atom. The van der Waals surface area contributed by atoms with Gasteiger partial charge in [0.05, 0.1) is 17.7 Å². The van der Waals surface area contributed by atoms with Gasteiger partial charge in [-0.25, -0.2) is 29.9 Å². The van der Waals surface area contributed by atoms with Gasteiger partial charge in [0.1, 0.15) is 29.5 Å². The molecule has 10 nitrogen and oxygen atoms in total. The van der Waals surface area contributed by atoms with Crippen molar-refractivity contribution in [2.45, 2.75) is 85.1 Å². The van der Waals surface area contributed by atoms with Crippen LogP contribution in [0.2, 0.25) is 0 Å². The van der Waals surface area contributed by atoms with Crippen molar-refractivity contribution >= 4 is 22.3 Å². The van der Waals surface area contributed by atoms with Gasteiger partial charge in [0.2, 0.25) is 0 Å². The molecule has 0 aliphatic carbocycles. The van der Waals surface area contributed by atoms with Crippen molar-refractivity contribution in [1.82, 2.24) is 49.7 Å². The highest BCUT2D eigenvalue weighted by molar-refractivity contribution is 5.73. The third-order valence-corrected chi connectivity index (χ3v) is 6.45. The van der Waals surface area contributed by atoms with Crippen LogP contribution in [-0.4, -0.2) is 73.8 Å². The van der Waals surface area contributed by atoms with Crippen molar-refractivity contribution in [2.24, 2.45) is 0 Å². The van der Waals surface area contributed by atoms with E-state index in [1.165, 1.54) is 0 Å². The van der Waals surface area contributed by atoms with Gasteiger partial charge in [0.15, 0.2) is 11.3 Å². The van der Waals surface area contributed by atoms with Gasteiger partial charge in [-0.1, -0.05) is 0 Å². The molecule has 0 fully saturated rings. The number of aromatic nitrogens is 8. The largest absolute Gasteiger partial charge is 0.342 e. The van der Waals surface area contributed by atoms with Gasteiger partial charge in [0, 0.05) is 36.6 Å². The van der Waals surface area contributed by atoms with E-state index >= 15 is 0 Å². The summed E-state index contributed by atoms with van der Waals surface area (Å²) < 4.78 is 0. The van der Waals surface area contributed by atoms with E-state index in [2.05, 4.69) is 100 Å². The van der Waals surface area contributed by atoms with Crippen LogP contribution in [0.1, 0.15) is 65.7 Å². The molecule has 4 aromatic heterocycles. The van der Waals surface area contributed by atoms with E-state index in [0.717, 1.165) is 41.2 Å². The lowest BCUT2D eigenvalue weighted by Gasteiger charge is -2.40. The van der Waals surface area contributed by atoms with E-state index in [1.807, 2.05) is 0 Å². The Bertz CT molecular complexity index is 1260. The van der Waals surface area contributed by atoms with Gasteiger partial charge >= 0.3 is 0 Å². The van der Waals surface area contributed by atoms with E-state index in [9.17, 15) is 0 Å². The van der Waals surface area contributed by atoms with Crippen molar-refractivity contribution < 1.29 is 0 Å².